The molecule has 7 nitrogen and oxygen atoms in total. The number of esters is 1. The second kappa shape index (κ2) is 11.3. The fraction of sp³-hybridized carbons (Fsp3) is 0.160. The highest BCUT2D eigenvalue weighted by Gasteiger charge is 2.12. The summed E-state index contributed by atoms with van der Waals surface area (Å²) in [6, 6.07) is 23.8. The number of benzene rings is 3. The lowest BCUT2D eigenvalue weighted by atomic mass is 10.0. The summed E-state index contributed by atoms with van der Waals surface area (Å²) in [6.07, 6.45) is 0.661. The summed E-state index contributed by atoms with van der Waals surface area (Å²) in [4.78, 5) is 36.2. The Labute approximate surface area is 186 Å². The highest BCUT2D eigenvalue weighted by molar-refractivity contribution is 5.96. The van der Waals surface area contributed by atoms with Crippen molar-refractivity contribution in [2.75, 3.05) is 25.6 Å². The van der Waals surface area contributed by atoms with Crippen molar-refractivity contribution in [2.24, 2.45) is 0 Å². The molecule has 3 aromatic carbocycles. The van der Waals surface area contributed by atoms with E-state index in [1.807, 2.05) is 48.5 Å². The predicted octanol–water partition coefficient (Wildman–Crippen LogP) is 3.20. The molecule has 0 aliphatic rings. The Hall–Kier alpha value is -4.13. The van der Waals surface area contributed by atoms with Crippen molar-refractivity contribution >= 4 is 23.5 Å². The largest absolute Gasteiger partial charge is 0.497 e. The highest BCUT2D eigenvalue weighted by atomic mass is 16.5. The van der Waals surface area contributed by atoms with Crippen molar-refractivity contribution < 1.29 is 23.9 Å². The number of methoxy groups -OCH3 is 1. The summed E-state index contributed by atoms with van der Waals surface area (Å²) in [5.74, 6) is -0.971. The number of rotatable bonds is 9. The number of anilines is 1. The Balaban J connectivity index is 1.45. The van der Waals surface area contributed by atoms with Gasteiger partial charge in [0.1, 0.15) is 12.3 Å². The van der Waals surface area contributed by atoms with Crippen molar-refractivity contribution in [1.82, 2.24) is 5.32 Å². The van der Waals surface area contributed by atoms with Crippen LogP contribution in [-0.4, -0.2) is 38.0 Å². The van der Waals surface area contributed by atoms with Gasteiger partial charge in [-0.05, 0) is 47.9 Å². The number of hydrogen-bond donors (Lipinski definition) is 2. The maximum atomic E-state index is 12.3. The van der Waals surface area contributed by atoms with Crippen molar-refractivity contribution in [2.45, 2.75) is 6.42 Å². The van der Waals surface area contributed by atoms with E-state index in [1.165, 1.54) is 7.11 Å². The Morgan fingerprint density at radius 3 is 2.25 bits per heavy atom. The molecule has 3 aromatic rings. The first kappa shape index (κ1) is 22.6. The third-order valence-electron chi connectivity index (χ3n) is 4.64. The van der Waals surface area contributed by atoms with Crippen LogP contribution in [0.2, 0.25) is 0 Å². The standard InChI is InChI=1S/C25H24N2O5/c1-31-21-13-11-19(12-14-21)25(30)26-16-24(29)32-17-23(28)27-22-10-6-5-9-20(22)15-18-7-3-2-4-8-18/h2-14H,15-17H2,1H3,(H,26,30)(H,27,28). The van der Waals surface area contributed by atoms with Gasteiger partial charge in [-0.2, -0.15) is 0 Å². The number of hydrogen-bond acceptors (Lipinski definition) is 5. The zero-order valence-corrected chi connectivity index (χ0v) is 17.7. The van der Waals surface area contributed by atoms with Crippen LogP contribution in [0, 0.1) is 0 Å². The molecule has 2 amide bonds. The Morgan fingerprint density at radius 1 is 0.844 bits per heavy atom. The van der Waals surface area contributed by atoms with Gasteiger partial charge in [-0.25, -0.2) is 0 Å². The van der Waals surface area contributed by atoms with E-state index in [0.29, 0.717) is 23.4 Å². The molecule has 0 aliphatic heterocycles. The zero-order chi connectivity index (χ0) is 22.8. The van der Waals surface area contributed by atoms with E-state index in [4.69, 9.17) is 9.47 Å². The van der Waals surface area contributed by atoms with Gasteiger partial charge in [0.15, 0.2) is 6.61 Å². The van der Waals surface area contributed by atoms with Gasteiger partial charge in [-0.1, -0.05) is 48.5 Å². The summed E-state index contributed by atoms with van der Waals surface area (Å²) in [5, 5.41) is 5.23. The van der Waals surface area contributed by atoms with Crippen molar-refractivity contribution in [3.05, 3.63) is 95.6 Å². The molecule has 0 atom stereocenters. The molecule has 7 heteroatoms. The van der Waals surface area contributed by atoms with Crippen LogP contribution in [0.4, 0.5) is 5.69 Å². The molecule has 0 saturated heterocycles. The number of ether oxygens (including phenoxy) is 2. The van der Waals surface area contributed by atoms with Gasteiger partial charge >= 0.3 is 5.97 Å². The second-order valence-electron chi connectivity index (χ2n) is 6.94. The minimum Gasteiger partial charge on any atom is -0.497 e. The quantitative estimate of drug-likeness (QED) is 0.507. The summed E-state index contributed by atoms with van der Waals surface area (Å²) in [6.45, 7) is -0.792. The van der Waals surface area contributed by atoms with Crippen LogP contribution in [0.5, 0.6) is 5.75 Å². The summed E-state index contributed by atoms with van der Waals surface area (Å²) < 4.78 is 10.0. The maximum absolute atomic E-state index is 12.3. The first-order valence-corrected chi connectivity index (χ1v) is 10.0. The number of carbonyl (C=O) groups excluding carboxylic acids is 3. The highest BCUT2D eigenvalue weighted by Crippen LogP contribution is 2.19. The molecule has 0 spiro atoms. The van der Waals surface area contributed by atoms with Gasteiger partial charge in [0.2, 0.25) is 0 Å². The molecule has 0 heterocycles. The zero-order valence-electron chi connectivity index (χ0n) is 17.7. The summed E-state index contributed by atoms with van der Waals surface area (Å²) >= 11 is 0. The van der Waals surface area contributed by atoms with E-state index in [1.54, 1.807) is 30.3 Å². The topological polar surface area (TPSA) is 93.7 Å². The van der Waals surface area contributed by atoms with E-state index >= 15 is 0 Å². The first-order valence-electron chi connectivity index (χ1n) is 10.0. The van der Waals surface area contributed by atoms with Crippen molar-refractivity contribution in [3.8, 4) is 5.75 Å². The monoisotopic (exact) mass is 432 g/mol. The maximum Gasteiger partial charge on any atom is 0.325 e. The Kier molecular flexibility index (Phi) is 7.97. The molecule has 2 N–H and O–H groups in total. The summed E-state index contributed by atoms with van der Waals surface area (Å²) in [5.41, 5.74) is 3.11. The first-order chi connectivity index (χ1) is 15.5. The minimum atomic E-state index is -0.709. The van der Waals surface area contributed by atoms with Crippen molar-refractivity contribution in [3.63, 3.8) is 0 Å². The molecule has 0 radical (unpaired) electrons. The van der Waals surface area contributed by atoms with Gasteiger partial charge in [0.05, 0.1) is 7.11 Å². The van der Waals surface area contributed by atoms with Crippen LogP contribution in [-0.2, 0) is 20.7 Å². The van der Waals surface area contributed by atoms with Crippen LogP contribution >= 0.6 is 0 Å². The summed E-state index contributed by atoms with van der Waals surface area (Å²) in [7, 11) is 1.53. The van der Waals surface area contributed by atoms with Gasteiger partial charge in [0, 0.05) is 11.3 Å². The van der Waals surface area contributed by atoms with Gasteiger partial charge < -0.3 is 20.1 Å². The van der Waals surface area contributed by atoms with Crippen LogP contribution in [0.1, 0.15) is 21.5 Å². The molecular weight excluding hydrogens is 408 g/mol. The lowest BCUT2D eigenvalue weighted by Crippen LogP contribution is -2.32. The van der Waals surface area contributed by atoms with Gasteiger partial charge in [-0.3, -0.25) is 14.4 Å². The third kappa shape index (κ3) is 6.70. The van der Waals surface area contributed by atoms with E-state index in [-0.39, 0.29) is 6.54 Å². The van der Waals surface area contributed by atoms with Crippen LogP contribution < -0.4 is 15.4 Å². The van der Waals surface area contributed by atoms with E-state index in [2.05, 4.69) is 10.6 Å². The molecule has 0 fully saturated rings. The normalized spacial score (nSPS) is 10.2. The molecule has 0 bridgehead atoms. The van der Waals surface area contributed by atoms with Crippen LogP contribution in [0.15, 0.2) is 78.9 Å². The van der Waals surface area contributed by atoms with Gasteiger partial charge in [-0.15, -0.1) is 0 Å². The average Bonchev–Trinajstić information content (AvgIpc) is 2.83. The molecule has 164 valence electrons. The molecule has 0 aromatic heterocycles. The predicted molar refractivity (Wildman–Crippen MR) is 121 cm³/mol. The number of para-hydroxylation sites is 1. The Morgan fingerprint density at radius 2 is 1.53 bits per heavy atom. The van der Waals surface area contributed by atoms with Crippen LogP contribution in [0.3, 0.4) is 0 Å². The third-order valence-corrected chi connectivity index (χ3v) is 4.64. The fourth-order valence-electron chi connectivity index (χ4n) is 2.99. The SMILES string of the molecule is COc1ccc(C(=O)NCC(=O)OCC(=O)Nc2ccccc2Cc2ccccc2)cc1. The average molecular weight is 432 g/mol. The van der Waals surface area contributed by atoms with Crippen molar-refractivity contribution in [1.29, 1.82) is 0 Å². The second-order valence-corrected chi connectivity index (χ2v) is 6.94. The molecule has 0 unspecified atom stereocenters. The smallest absolute Gasteiger partial charge is 0.325 e. The van der Waals surface area contributed by atoms with Gasteiger partial charge in [0.25, 0.3) is 11.8 Å². The Bertz CT molecular complexity index is 1070. The van der Waals surface area contributed by atoms with Crippen LogP contribution in [0.25, 0.3) is 0 Å². The molecular formula is C25H24N2O5. The molecule has 0 saturated carbocycles. The molecule has 32 heavy (non-hydrogen) atoms. The van der Waals surface area contributed by atoms with E-state index in [0.717, 1.165) is 11.1 Å². The lowest BCUT2D eigenvalue weighted by Gasteiger charge is -2.12. The number of carbonyl (C=O) groups is 3. The molecule has 0 aliphatic carbocycles. The molecule has 3 rings (SSSR count). The number of nitrogens with one attached hydrogen (secondary N) is 2. The van der Waals surface area contributed by atoms with E-state index < -0.39 is 24.4 Å². The number of amides is 2. The van der Waals surface area contributed by atoms with E-state index in [9.17, 15) is 14.4 Å². The lowest BCUT2D eigenvalue weighted by molar-refractivity contribution is -0.146. The minimum absolute atomic E-state index is 0.345. The fourth-order valence-corrected chi connectivity index (χ4v) is 2.99.